The highest BCUT2D eigenvalue weighted by Gasteiger charge is 2.29. The van der Waals surface area contributed by atoms with Crippen LogP contribution in [0.2, 0.25) is 0 Å². The van der Waals surface area contributed by atoms with E-state index in [0.29, 0.717) is 6.42 Å². The maximum Gasteiger partial charge on any atom is 0.151 e. The Balaban J connectivity index is 2.50. The highest BCUT2D eigenvalue weighted by molar-refractivity contribution is 7.91. The summed E-state index contributed by atoms with van der Waals surface area (Å²) in [5.74, 6) is 0.620. The van der Waals surface area contributed by atoms with Crippen LogP contribution in [0.3, 0.4) is 0 Å². The summed E-state index contributed by atoms with van der Waals surface area (Å²) in [5, 5.41) is 3.07. The Kier molecular flexibility index (Phi) is 3.66. The molecular formula is C9H17NO3S. The first-order chi connectivity index (χ1) is 6.44. The van der Waals surface area contributed by atoms with Gasteiger partial charge in [-0.1, -0.05) is 13.8 Å². The number of carbonyl (C=O) groups excluding carboxylic acids is 1. The van der Waals surface area contributed by atoms with Gasteiger partial charge in [0.1, 0.15) is 6.29 Å². The first-order valence-corrected chi connectivity index (χ1v) is 6.68. The fraction of sp³-hybridized carbons (Fsp3) is 0.889. The first kappa shape index (κ1) is 11.7. The lowest BCUT2D eigenvalue weighted by atomic mass is 10.0. The molecule has 5 heteroatoms. The molecule has 1 rings (SSSR count). The van der Waals surface area contributed by atoms with Gasteiger partial charge in [-0.05, 0) is 12.3 Å². The minimum atomic E-state index is -2.85. The lowest BCUT2D eigenvalue weighted by Gasteiger charge is -2.20. The van der Waals surface area contributed by atoms with E-state index in [1.54, 1.807) is 0 Å². The van der Waals surface area contributed by atoms with Crippen molar-refractivity contribution in [1.82, 2.24) is 5.32 Å². The molecule has 82 valence electrons. The summed E-state index contributed by atoms with van der Waals surface area (Å²) in [4.78, 5) is 10.7. The number of hydrogen-bond acceptors (Lipinski definition) is 4. The summed E-state index contributed by atoms with van der Waals surface area (Å²) in [6.45, 7) is 3.88. The molecule has 0 unspecified atom stereocenters. The molecule has 0 spiro atoms. The molecule has 2 atom stereocenters. The van der Waals surface area contributed by atoms with Crippen molar-refractivity contribution in [2.75, 3.05) is 11.5 Å². The summed E-state index contributed by atoms with van der Waals surface area (Å²) in [5.41, 5.74) is 0. The van der Waals surface area contributed by atoms with Crippen LogP contribution in [-0.4, -0.2) is 38.3 Å². The second-order valence-electron chi connectivity index (χ2n) is 4.17. The molecule has 1 aliphatic heterocycles. The molecule has 0 bridgehead atoms. The Morgan fingerprint density at radius 3 is 2.43 bits per heavy atom. The summed E-state index contributed by atoms with van der Waals surface area (Å²) >= 11 is 0. The normalized spacial score (nSPS) is 27.8. The Labute approximate surface area is 85.0 Å². The second kappa shape index (κ2) is 4.40. The van der Waals surface area contributed by atoms with Crippen LogP contribution < -0.4 is 5.32 Å². The van der Waals surface area contributed by atoms with Gasteiger partial charge in [-0.25, -0.2) is 8.42 Å². The van der Waals surface area contributed by atoms with Crippen molar-refractivity contribution < 1.29 is 13.2 Å². The van der Waals surface area contributed by atoms with Gasteiger partial charge in [0.2, 0.25) is 0 Å². The Bertz CT molecular complexity index is 297. The van der Waals surface area contributed by atoms with E-state index in [1.807, 2.05) is 13.8 Å². The van der Waals surface area contributed by atoms with Crippen LogP contribution in [0.4, 0.5) is 0 Å². The molecule has 14 heavy (non-hydrogen) atoms. The molecule has 0 aromatic rings. The Morgan fingerprint density at radius 1 is 1.43 bits per heavy atom. The third-order valence-electron chi connectivity index (χ3n) is 2.53. The van der Waals surface area contributed by atoms with Gasteiger partial charge in [0, 0.05) is 6.04 Å². The molecule has 0 aromatic carbocycles. The molecule has 0 saturated carbocycles. The van der Waals surface area contributed by atoms with Crippen molar-refractivity contribution in [3.05, 3.63) is 0 Å². The zero-order valence-corrected chi connectivity index (χ0v) is 9.38. The predicted octanol–water partition coefficient (Wildman–Crippen LogP) is -0.0134. The molecule has 0 amide bonds. The van der Waals surface area contributed by atoms with E-state index in [-0.39, 0.29) is 29.5 Å². The van der Waals surface area contributed by atoms with Crippen LogP contribution in [0.5, 0.6) is 0 Å². The average molecular weight is 219 g/mol. The minimum absolute atomic E-state index is 0.0439. The highest BCUT2D eigenvalue weighted by atomic mass is 32.2. The minimum Gasteiger partial charge on any atom is -0.304 e. The van der Waals surface area contributed by atoms with Crippen molar-refractivity contribution in [3.8, 4) is 0 Å². The zero-order chi connectivity index (χ0) is 10.8. The van der Waals surface area contributed by atoms with Crippen LogP contribution in [-0.2, 0) is 14.6 Å². The van der Waals surface area contributed by atoms with Crippen LogP contribution >= 0.6 is 0 Å². The largest absolute Gasteiger partial charge is 0.304 e. The zero-order valence-electron chi connectivity index (χ0n) is 8.56. The standard InChI is InChI=1S/C9H17NO3S/c1-7(2)9(5-11)10-8-3-4-14(12,13)6-8/h5,7-10H,3-4,6H2,1-2H3/t8-,9-/m0/s1. The number of carbonyl (C=O) groups is 1. The number of hydrogen-bond donors (Lipinski definition) is 1. The van der Waals surface area contributed by atoms with E-state index >= 15 is 0 Å². The van der Waals surface area contributed by atoms with E-state index < -0.39 is 9.84 Å². The molecule has 0 aliphatic carbocycles. The number of sulfone groups is 1. The summed E-state index contributed by atoms with van der Waals surface area (Å²) in [7, 11) is -2.85. The van der Waals surface area contributed by atoms with Gasteiger partial charge in [-0.2, -0.15) is 0 Å². The van der Waals surface area contributed by atoms with Crippen LogP contribution in [0, 0.1) is 5.92 Å². The fourth-order valence-electron chi connectivity index (χ4n) is 1.59. The van der Waals surface area contributed by atoms with Gasteiger partial charge in [0.25, 0.3) is 0 Å². The SMILES string of the molecule is CC(C)[C@H](C=O)N[C@H]1CCS(=O)(=O)C1. The maximum absolute atomic E-state index is 11.2. The lowest BCUT2D eigenvalue weighted by molar-refractivity contribution is -0.110. The van der Waals surface area contributed by atoms with Gasteiger partial charge >= 0.3 is 0 Å². The Morgan fingerprint density at radius 2 is 2.07 bits per heavy atom. The summed E-state index contributed by atoms with van der Waals surface area (Å²) in [6, 6.07) is -0.272. The van der Waals surface area contributed by atoms with Crippen molar-refractivity contribution in [3.63, 3.8) is 0 Å². The van der Waals surface area contributed by atoms with Crippen molar-refractivity contribution in [2.45, 2.75) is 32.4 Å². The highest BCUT2D eigenvalue weighted by Crippen LogP contribution is 2.13. The fourth-order valence-corrected chi connectivity index (χ4v) is 3.27. The smallest absolute Gasteiger partial charge is 0.151 e. The molecule has 1 fully saturated rings. The monoisotopic (exact) mass is 219 g/mol. The molecular weight excluding hydrogens is 202 g/mol. The average Bonchev–Trinajstić information content (AvgIpc) is 2.41. The van der Waals surface area contributed by atoms with Gasteiger partial charge < -0.3 is 10.1 Å². The van der Waals surface area contributed by atoms with E-state index in [9.17, 15) is 13.2 Å². The van der Waals surface area contributed by atoms with Crippen molar-refractivity contribution >= 4 is 16.1 Å². The van der Waals surface area contributed by atoms with Gasteiger partial charge in [0.05, 0.1) is 17.5 Å². The lowest BCUT2D eigenvalue weighted by Crippen LogP contribution is -2.43. The van der Waals surface area contributed by atoms with Gasteiger partial charge in [-0.15, -0.1) is 0 Å². The van der Waals surface area contributed by atoms with Gasteiger partial charge in [-0.3, -0.25) is 0 Å². The van der Waals surface area contributed by atoms with Crippen LogP contribution in [0.15, 0.2) is 0 Å². The van der Waals surface area contributed by atoms with Crippen LogP contribution in [0.1, 0.15) is 20.3 Å². The number of aldehydes is 1. The molecule has 1 heterocycles. The molecule has 1 aliphatic rings. The third-order valence-corrected chi connectivity index (χ3v) is 4.29. The molecule has 1 saturated heterocycles. The second-order valence-corrected chi connectivity index (χ2v) is 6.40. The predicted molar refractivity (Wildman–Crippen MR) is 54.9 cm³/mol. The molecule has 4 nitrogen and oxygen atoms in total. The van der Waals surface area contributed by atoms with E-state index in [1.165, 1.54) is 0 Å². The van der Waals surface area contributed by atoms with Crippen molar-refractivity contribution in [1.29, 1.82) is 0 Å². The maximum atomic E-state index is 11.2. The number of rotatable bonds is 4. The van der Waals surface area contributed by atoms with E-state index in [2.05, 4.69) is 5.32 Å². The molecule has 0 radical (unpaired) electrons. The van der Waals surface area contributed by atoms with E-state index in [0.717, 1.165) is 6.29 Å². The van der Waals surface area contributed by atoms with Crippen LogP contribution in [0.25, 0.3) is 0 Å². The summed E-state index contributed by atoms with van der Waals surface area (Å²) in [6.07, 6.45) is 1.48. The number of nitrogens with one attached hydrogen (secondary N) is 1. The quantitative estimate of drug-likeness (QED) is 0.675. The molecule has 1 N–H and O–H groups in total. The van der Waals surface area contributed by atoms with Gasteiger partial charge in [0.15, 0.2) is 9.84 Å². The van der Waals surface area contributed by atoms with Crippen molar-refractivity contribution in [2.24, 2.45) is 5.92 Å². The van der Waals surface area contributed by atoms with E-state index in [4.69, 9.17) is 0 Å². The topological polar surface area (TPSA) is 63.2 Å². The Hall–Kier alpha value is -0.420. The molecule has 0 aromatic heterocycles. The summed E-state index contributed by atoms with van der Waals surface area (Å²) < 4.78 is 22.3. The third kappa shape index (κ3) is 3.06. The first-order valence-electron chi connectivity index (χ1n) is 4.86.